The van der Waals surface area contributed by atoms with Gasteiger partial charge in [0.25, 0.3) is 0 Å². The average Bonchev–Trinajstić information content (AvgIpc) is 2.82. The lowest BCUT2D eigenvalue weighted by molar-refractivity contribution is -0.131. The normalized spacial score (nSPS) is 25.0. The molecule has 1 aliphatic carbocycles. The zero-order valence-corrected chi connectivity index (χ0v) is 11.6. The van der Waals surface area contributed by atoms with E-state index in [1.54, 1.807) is 0 Å². The Kier molecular flexibility index (Phi) is 3.56. The number of carbonyl (C=O) groups excluding carboxylic acids is 1. The van der Waals surface area contributed by atoms with Gasteiger partial charge in [-0.15, -0.1) is 0 Å². The fraction of sp³-hybridized carbons (Fsp3) is 0.562. The molecule has 2 fully saturated rings. The Morgan fingerprint density at radius 3 is 2.74 bits per heavy atom. The van der Waals surface area contributed by atoms with Gasteiger partial charge >= 0.3 is 0 Å². The molecule has 1 aliphatic heterocycles. The highest BCUT2D eigenvalue weighted by Crippen LogP contribution is 2.31. The Balaban J connectivity index is 1.85. The fourth-order valence-corrected chi connectivity index (χ4v) is 3.41. The van der Waals surface area contributed by atoms with Crippen molar-refractivity contribution in [2.75, 3.05) is 6.54 Å². The molecule has 1 saturated heterocycles. The fourth-order valence-electron chi connectivity index (χ4n) is 3.41. The zero-order chi connectivity index (χ0) is 13.2. The van der Waals surface area contributed by atoms with Crippen molar-refractivity contribution < 1.29 is 4.79 Å². The van der Waals surface area contributed by atoms with Gasteiger partial charge in [0.1, 0.15) is 6.17 Å². The van der Waals surface area contributed by atoms with Crippen LogP contribution in [0.25, 0.3) is 0 Å². The van der Waals surface area contributed by atoms with Crippen molar-refractivity contribution in [1.29, 1.82) is 0 Å². The number of hydrogen-bond donors (Lipinski definition) is 1. The third kappa shape index (κ3) is 2.52. The van der Waals surface area contributed by atoms with E-state index in [0.29, 0.717) is 12.6 Å². The van der Waals surface area contributed by atoms with E-state index in [4.69, 9.17) is 0 Å². The van der Waals surface area contributed by atoms with Gasteiger partial charge in [0.05, 0.1) is 6.54 Å². The van der Waals surface area contributed by atoms with Crippen molar-refractivity contribution >= 4 is 5.91 Å². The molecule has 1 aromatic rings. The molecule has 1 aromatic carbocycles. The van der Waals surface area contributed by atoms with E-state index in [1.165, 1.54) is 30.4 Å². The lowest BCUT2D eigenvalue weighted by Crippen LogP contribution is -2.40. The second-order valence-electron chi connectivity index (χ2n) is 5.79. The SMILES string of the molecule is Cc1cccc(C2NCC(=O)N2C2CCCCC2)c1. The van der Waals surface area contributed by atoms with Gasteiger partial charge in [0.2, 0.25) is 5.91 Å². The Morgan fingerprint density at radius 2 is 2.00 bits per heavy atom. The predicted molar refractivity (Wildman–Crippen MR) is 75.6 cm³/mol. The highest BCUT2D eigenvalue weighted by atomic mass is 16.2. The van der Waals surface area contributed by atoms with E-state index in [0.717, 1.165) is 12.8 Å². The maximum absolute atomic E-state index is 12.2. The standard InChI is InChI=1S/C16H22N2O/c1-12-6-5-7-13(10-12)16-17-11-15(19)18(16)14-8-3-2-4-9-14/h5-7,10,14,16-17H,2-4,8-9,11H2,1H3. The molecule has 0 radical (unpaired) electrons. The molecule has 2 aliphatic rings. The number of benzene rings is 1. The first kappa shape index (κ1) is 12.7. The van der Waals surface area contributed by atoms with Crippen molar-refractivity contribution in [1.82, 2.24) is 10.2 Å². The van der Waals surface area contributed by atoms with Crippen molar-refractivity contribution in [2.24, 2.45) is 0 Å². The Hall–Kier alpha value is -1.35. The third-order valence-corrected chi connectivity index (χ3v) is 4.34. The summed E-state index contributed by atoms with van der Waals surface area (Å²) in [6.45, 7) is 2.58. The van der Waals surface area contributed by atoms with Crippen LogP contribution in [0, 0.1) is 6.92 Å². The smallest absolute Gasteiger partial charge is 0.238 e. The molecule has 1 heterocycles. The predicted octanol–water partition coefficient (Wildman–Crippen LogP) is 2.76. The summed E-state index contributed by atoms with van der Waals surface area (Å²) in [5.74, 6) is 0.262. The summed E-state index contributed by atoms with van der Waals surface area (Å²) in [5.41, 5.74) is 2.47. The van der Waals surface area contributed by atoms with Crippen molar-refractivity contribution in [3.63, 3.8) is 0 Å². The number of amides is 1. The van der Waals surface area contributed by atoms with Crippen molar-refractivity contribution in [3.8, 4) is 0 Å². The van der Waals surface area contributed by atoms with Gasteiger partial charge < -0.3 is 4.90 Å². The summed E-state index contributed by atoms with van der Waals surface area (Å²) in [6, 6.07) is 8.92. The van der Waals surface area contributed by atoms with Gasteiger partial charge in [-0.25, -0.2) is 0 Å². The first-order valence-corrected chi connectivity index (χ1v) is 7.37. The molecular formula is C16H22N2O. The maximum Gasteiger partial charge on any atom is 0.238 e. The molecule has 1 saturated carbocycles. The van der Waals surface area contributed by atoms with E-state index in [-0.39, 0.29) is 12.1 Å². The summed E-state index contributed by atoms with van der Waals surface area (Å²) in [6.07, 6.45) is 6.24. The van der Waals surface area contributed by atoms with Crippen LogP contribution in [0.5, 0.6) is 0 Å². The number of nitrogens with zero attached hydrogens (tertiary/aromatic N) is 1. The molecule has 1 N–H and O–H groups in total. The minimum atomic E-state index is 0.0792. The number of aryl methyl sites for hydroxylation is 1. The van der Waals surface area contributed by atoms with Crippen LogP contribution >= 0.6 is 0 Å². The first-order valence-electron chi connectivity index (χ1n) is 7.37. The van der Waals surface area contributed by atoms with Crippen molar-refractivity contribution in [2.45, 2.75) is 51.2 Å². The minimum absolute atomic E-state index is 0.0792. The zero-order valence-electron chi connectivity index (χ0n) is 11.6. The highest BCUT2D eigenvalue weighted by molar-refractivity contribution is 5.81. The van der Waals surface area contributed by atoms with Gasteiger partial charge in [-0.3, -0.25) is 10.1 Å². The van der Waals surface area contributed by atoms with Crippen LogP contribution in [0.15, 0.2) is 24.3 Å². The molecular weight excluding hydrogens is 236 g/mol. The van der Waals surface area contributed by atoms with Crippen LogP contribution in [0.2, 0.25) is 0 Å². The van der Waals surface area contributed by atoms with Gasteiger partial charge in [-0.2, -0.15) is 0 Å². The Labute approximate surface area is 115 Å². The molecule has 19 heavy (non-hydrogen) atoms. The van der Waals surface area contributed by atoms with Gasteiger partial charge in [0.15, 0.2) is 0 Å². The quantitative estimate of drug-likeness (QED) is 0.884. The van der Waals surface area contributed by atoms with E-state index in [2.05, 4.69) is 41.4 Å². The summed E-state index contributed by atoms with van der Waals surface area (Å²) < 4.78 is 0. The minimum Gasteiger partial charge on any atom is -0.319 e. The van der Waals surface area contributed by atoms with E-state index in [1.807, 2.05) is 0 Å². The molecule has 0 aromatic heterocycles. The molecule has 1 amide bonds. The molecule has 1 atom stereocenters. The van der Waals surface area contributed by atoms with E-state index in [9.17, 15) is 4.79 Å². The summed E-state index contributed by atoms with van der Waals surface area (Å²) in [5, 5.41) is 3.37. The number of hydrogen-bond acceptors (Lipinski definition) is 2. The third-order valence-electron chi connectivity index (χ3n) is 4.34. The topological polar surface area (TPSA) is 32.3 Å². The number of rotatable bonds is 2. The molecule has 3 heteroatoms. The van der Waals surface area contributed by atoms with E-state index >= 15 is 0 Å². The van der Waals surface area contributed by atoms with Crippen LogP contribution in [0.3, 0.4) is 0 Å². The second kappa shape index (κ2) is 5.33. The summed E-state index contributed by atoms with van der Waals surface area (Å²) in [4.78, 5) is 14.3. The lowest BCUT2D eigenvalue weighted by Gasteiger charge is -2.35. The monoisotopic (exact) mass is 258 g/mol. The van der Waals surface area contributed by atoms with Gasteiger partial charge in [-0.05, 0) is 25.3 Å². The summed E-state index contributed by atoms with van der Waals surface area (Å²) >= 11 is 0. The largest absolute Gasteiger partial charge is 0.319 e. The van der Waals surface area contributed by atoms with Crippen LogP contribution in [-0.4, -0.2) is 23.4 Å². The molecule has 102 valence electrons. The lowest BCUT2D eigenvalue weighted by atomic mass is 9.93. The van der Waals surface area contributed by atoms with Gasteiger partial charge in [0, 0.05) is 6.04 Å². The van der Waals surface area contributed by atoms with Crippen LogP contribution < -0.4 is 5.32 Å². The molecule has 1 unspecified atom stereocenters. The number of nitrogens with one attached hydrogen (secondary N) is 1. The van der Waals surface area contributed by atoms with Crippen LogP contribution in [-0.2, 0) is 4.79 Å². The first-order chi connectivity index (χ1) is 9.25. The number of carbonyl (C=O) groups is 1. The van der Waals surface area contributed by atoms with Crippen LogP contribution in [0.1, 0.15) is 49.4 Å². The Morgan fingerprint density at radius 1 is 1.21 bits per heavy atom. The molecule has 3 nitrogen and oxygen atoms in total. The second-order valence-corrected chi connectivity index (χ2v) is 5.79. The average molecular weight is 258 g/mol. The van der Waals surface area contributed by atoms with Gasteiger partial charge in [-0.1, -0.05) is 49.1 Å². The van der Waals surface area contributed by atoms with E-state index < -0.39 is 0 Å². The van der Waals surface area contributed by atoms with Crippen molar-refractivity contribution in [3.05, 3.63) is 35.4 Å². The van der Waals surface area contributed by atoms with Crippen LogP contribution in [0.4, 0.5) is 0 Å². The Bertz CT molecular complexity index is 466. The molecule has 3 rings (SSSR count). The summed E-state index contributed by atoms with van der Waals surface area (Å²) in [7, 11) is 0. The molecule has 0 bridgehead atoms. The molecule has 0 spiro atoms. The maximum atomic E-state index is 12.2. The highest BCUT2D eigenvalue weighted by Gasteiger charge is 2.36.